The van der Waals surface area contributed by atoms with Gasteiger partial charge in [-0.2, -0.15) is 5.48 Å². The van der Waals surface area contributed by atoms with Crippen molar-refractivity contribution < 1.29 is 14.7 Å². The number of carboxylic acids is 1. The van der Waals surface area contributed by atoms with E-state index in [2.05, 4.69) is 28.1 Å². The van der Waals surface area contributed by atoms with Crippen molar-refractivity contribution in [2.45, 2.75) is 38.8 Å². The monoisotopic (exact) mass is 363 g/mol. The third-order valence-corrected chi connectivity index (χ3v) is 2.88. The average molecular weight is 363 g/mol. The predicted molar refractivity (Wildman–Crippen MR) is 78.3 cm³/mol. The maximum atomic E-state index is 11.1. The molecule has 0 fully saturated rings. The van der Waals surface area contributed by atoms with E-state index < -0.39 is 17.6 Å². The van der Waals surface area contributed by atoms with Crippen LogP contribution in [0.15, 0.2) is 24.3 Å². The Balaban J connectivity index is 2.63. The zero-order chi connectivity index (χ0) is 13.8. The molecule has 0 saturated heterocycles. The molecule has 0 amide bonds. The van der Waals surface area contributed by atoms with E-state index in [0.29, 0.717) is 6.42 Å². The van der Waals surface area contributed by atoms with Crippen molar-refractivity contribution in [3.05, 3.63) is 33.4 Å². The minimum absolute atomic E-state index is 0.391. The van der Waals surface area contributed by atoms with Crippen molar-refractivity contribution in [1.82, 2.24) is 5.48 Å². The molecule has 1 rings (SSSR count). The van der Waals surface area contributed by atoms with Crippen molar-refractivity contribution in [3.63, 3.8) is 0 Å². The van der Waals surface area contributed by atoms with Gasteiger partial charge in [0.15, 0.2) is 0 Å². The van der Waals surface area contributed by atoms with Gasteiger partial charge in [-0.1, -0.05) is 12.1 Å². The van der Waals surface area contributed by atoms with E-state index >= 15 is 0 Å². The van der Waals surface area contributed by atoms with Gasteiger partial charge in [-0.25, -0.2) is 0 Å². The van der Waals surface area contributed by atoms with E-state index in [0.717, 1.165) is 9.13 Å². The van der Waals surface area contributed by atoms with Gasteiger partial charge in [0.2, 0.25) is 0 Å². The van der Waals surface area contributed by atoms with Crippen LogP contribution in [0.5, 0.6) is 0 Å². The fraction of sp³-hybridized carbons (Fsp3) is 0.462. The van der Waals surface area contributed by atoms with Crippen molar-refractivity contribution in [1.29, 1.82) is 0 Å². The summed E-state index contributed by atoms with van der Waals surface area (Å²) in [6.07, 6.45) is 0.391. The number of carboxylic acid groups (broad SMARTS) is 1. The molecule has 5 heteroatoms. The van der Waals surface area contributed by atoms with Crippen LogP contribution in [0.25, 0.3) is 0 Å². The highest BCUT2D eigenvalue weighted by molar-refractivity contribution is 14.1. The zero-order valence-corrected chi connectivity index (χ0v) is 12.9. The molecule has 0 unspecified atom stereocenters. The Labute approximate surface area is 121 Å². The van der Waals surface area contributed by atoms with Crippen LogP contribution in [-0.2, 0) is 16.1 Å². The van der Waals surface area contributed by atoms with Crippen molar-refractivity contribution in [2.75, 3.05) is 0 Å². The number of nitrogens with one attached hydrogen (secondary N) is 1. The molecule has 0 aromatic heterocycles. The number of halogens is 1. The minimum Gasteiger partial charge on any atom is -0.480 e. The molecule has 0 aliphatic carbocycles. The molecule has 1 aromatic rings. The molecule has 100 valence electrons. The molecule has 0 aliphatic heterocycles. The van der Waals surface area contributed by atoms with Gasteiger partial charge >= 0.3 is 5.97 Å². The smallest absolute Gasteiger partial charge is 0.323 e. The second-order valence-corrected chi connectivity index (χ2v) is 6.30. The number of carbonyl (C=O) groups is 1. The van der Waals surface area contributed by atoms with Gasteiger partial charge in [-0.3, -0.25) is 9.63 Å². The minimum atomic E-state index is -0.919. The standard InChI is InChI=1S/C13H18INO3/c1-13(2,3)18-15-11(12(16)17)8-9-4-6-10(14)7-5-9/h4-7,11,15H,8H2,1-3H3,(H,16,17)/t11-/m1/s1. The summed E-state index contributed by atoms with van der Waals surface area (Å²) in [6, 6.07) is 7.02. The molecule has 0 heterocycles. The lowest BCUT2D eigenvalue weighted by atomic mass is 10.1. The summed E-state index contributed by atoms with van der Waals surface area (Å²) < 4.78 is 1.13. The number of rotatable bonds is 5. The summed E-state index contributed by atoms with van der Waals surface area (Å²) in [5.74, 6) is -0.919. The maximum Gasteiger partial charge on any atom is 0.323 e. The lowest BCUT2D eigenvalue weighted by Crippen LogP contribution is -2.42. The van der Waals surface area contributed by atoms with E-state index in [4.69, 9.17) is 9.94 Å². The second kappa shape index (κ2) is 6.49. The molecule has 4 nitrogen and oxygen atoms in total. The summed E-state index contributed by atoms with van der Waals surface area (Å²) in [6.45, 7) is 5.59. The first-order valence-electron chi connectivity index (χ1n) is 5.69. The average Bonchev–Trinajstić information content (AvgIpc) is 2.25. The van der Waals surface area contributed by atoms with Crippen molar-refractivity contribution >= 4 is 28.6 Å². The van der Waals surface area contributed by atoms with E-state index in [9.17, 15) is 4.79 Å². The largest absolute Gasteiger partial charge is 0.480 e. The highest BCUT2D eigenvalue weighted by Crippen LogP contribution is 2.10. The van der Waals surface area contributed by atoms with E-state index in [1.165, 1.54) is 0 Å². The maximum absolute atomic E-state index is 11.1. The van der Waals surface area contributed by atoms with Gasteiger partial charge in [-0.15, -0.1) is 0 Å². The third-order valence-electron chi connectivity index (χ3n) is 2.16. The van der Waals surface area contributed by atoms with E-state index in [1.807, 2.05) is 45.0 Å². The molecular formula is C13H18INO3. The number of aliphatic carboxylic acids is 1. The summed E-state index contributed by atoms with van der Waals surface area (Å²) in [5.41, 5.74) is 3.17. The van der Waals surface area contributed by atoms with E-state index in [1.54, 1.807) is 0 Å². The number of hydrogen-bond donors (Lipinski definition) is 2. The normalized spacial score (nSPS) is 13.3. The lowest BCUT2D eigenvalue weighted by Gasteiger charge is -2.23. The number of hydrogen-bond acceptors (Lipinski definition) is 3. The first-order chi connectivity index (χ1) is 8.28. The quantitative estimate of drug-likeness (QED) is 0.624. The Morgan fingerprint density at radius 1 is 1.39 bits per heavy atom. The second-order valence-electron chi connectivity index (χ2n) is 5.05. The molecule has 0 bridgehead atoms. The molecule has 1 aromatic carbocycles. The highest BCUT2D eigenvalue weighted by atomic mass is 127. The summed E-state index contributed by atoms with van der Waals surface area (Å²) in [5, 5.41) is 9.14. The predicted octanol–water partition coefficient (Wildman–Crippen LogP) is 2.61. The Kier molecular flexibility index (Phi) is 5.55. The van der Waals surface area contributed by atoms with Crippen LogP contribution in [0.2, 0.25) is 0 Å². The van der Waals surface area contributed by atoms with Crippen LogP contribution in [-0.4, -0.2) is 22.7 Å². The van der Waals surface area contributed by atoms with Crippen molar-refractivity contribution in [2.24, 2.45) is 0 Å². The van der Waals surface area contributed by atoms with Crippen molar-refractivity contribution in [3.8, 4) is 0 Å². The molecule has 1 atom stereocenters. The SMILES string of the molecule is CC(C)(C)ON[C@H](Cc1ccc(I)cc1)C(=O)O. The van der Waals surface area contributed by atoms with Gasteiger partial charge in [0.05, 0.1) is 5.60 Å². The lowest BCUT2D eigenvalue weighted by molar-refractivity contribution is -0.150. The third kappa shape index (κ3) is 5.79. The zero-order valence-electron chi connectivity index (χ0n) is 10.7. The Morgan fingerprint density at radius 2 is 1.94 bits per heavy atom. The molecule has 2 N–H and O–H groups in total. The van der Waals surface area contributed by atoms with E-state index in [-0.39, 0.29) is 0 Å². The molecule has 18 heavy (non-hydrogen) atoms. The topological polar surface area (TPSA) is 58.6 Å². The molecular weight excluding hydrogens is 345 g/mol. The Morgan fingerprint density at radius 3 is 2.39 bits per heavy atom. The number of benzene rings is 1. The van der Waals surface area contributed by atoms with Gasteiger partial charge in [0.25, 0.3) is 0 Å². The Hall–Kier alpha value is -0.660. The highest BCUT2D eigenvalue weighted by Gasteiger charge is 2.21. The van der Waals surface area contributed by atoms with Gasteiger partial charge < -0.3 is 5.11 Å². The fourth-order valence-electron chi connectivity index (χ4n) is 1.28. The molecule has 0 radical (unpaired) electrons. The van der Waals surface area contributed by atoms with Gasteiger partial charge in [0.1, 0.15) is 6.04 Å². The van der Waals surface area contributed by atoms with Crippen LogP contribution >= 0.6 is 22.6 Å². The first-order valence-corrected chi connectivity index (χ1v) is 6.76. The van der Waals surface area contributed by atoms with Crippen LogP contribution in [0, 0.1) is 3.57 Å². The van der Waals surface area contributed by atoms with Crippen LogP contribution < -0.4 is 5.48 Å². The Bertz CT molecular complexity index is 398. The molecule has 0 spiro atoms. The fourth-order valence-corrected chi connectivity index (χ4v) is 1.64. The van der Waals surface area contributed by atoms with Gasteiger partial charge in [-0.05, 0) is 61.1 Å². The van der Waals surface area contributed by atoms with Crippen LogP contribution in [0.4, 0.5) is 0 Å². The van der Waals surface area contributed by atoms with Crippen LogP contribution in [0.3, 0.4) is 0 Å². The molecule has 0 aliphatic rings. The number of hydroxylamine groups is 1. The first kappa shape index (κ1) is 15.4. The summed E-state index contributed by atoms with van der Waals surface area (Å²) in [4.78, 5) is 16.5. The molecule has 0 saturated carbocycles. The van der Waals surface area contributed by atoms with Gasteiger partial charge in [0, 0.05) is 9.99 Å². The summed E-state index contributed by atoms with van der Waals surface area (Å²) in [7, 11) is 0. The summed E-state index contributed by atoms with van der Waals surface area (Å²) >= 11 is 2.21. The van der Waals surface area contributed by atoms with Crippen LogP contribution in [0.1, 0.15) is 26.3 Å².